The lowest BCUT2D eigenvalue weighted by molar-refractivity contribution is 0.0689. The van der Waals surface area contributed by atoms with E-state index in [0.29, 0.717) is 56.7 Å². The predicted octanol–water partition coefficient (Wildman–Crippen LogP) is 6.53. The molecular weight excluding hydrogens is 940 g/mol. The molecule has 328 valence electrons. The Morgan fingerprint density at radius 3 is 1.43 bits per heavy atom. The summed E-state index contributed by atoms with van der Waals surface area (Å²) in [5.74, 6) is 1.48. The van der Waals surface area contributed by atoms with Crippen LogP contribution >= 0.6 is 45.8 Å². The van der Waals surface area contributed by atoms with E-state index in [1.165, 1.54) is 13.1 Å². The van der Waals surface area contributed by atoms with Gasteiger partial charge in [-0.2, -0.15) is 5.26 Å². The molecule has 2 aromatic heterocycles. The highest BCUT2D eigenvalue weighted by Gasteiger charge is 2.60. The van der Waals surface area contributed by atoms with Crippen molar-refractivity contribution in [3.05, 3.63) is 93.5 Å². The summed E-state index contributed by atoms with van der Waals surface area (Å²) in [5, 5.41) is 47.1. The second-order valence-electron chi connectivity index (χ2n) is 15.2. The standard InChI is InChI=1S/C19H22ClN5O2.C19H21ClN4O3.C2H3N.CH3IO.H3N/c1-2-15(22-19(27)10-3-5-11(20)6-4-10)17-13-7-12(8-14(13)17)25-9-16(18(21)26)23-24-25;1-2-15(21-18(25)10-3-5-11(20)6-4-10)17-13-7-12(8-14(13)17)24-9-16(19(26)27)22-23-24;1-2-3;2-1-3;/h3-6,9,12-15,17H,2,7-8H2,1H3,(H2,21,26)(H,22,27);3-6,9,12-15,17H,2,7-8H2,1H3,(H,21,25)(H,26,27);1H3;3H,1H2;1H3/t2*12?,13-,14+,15?,17?;;;/i;;;1D;. The third kappa shape index (κ3) is 12.2. The van der Waals surface area contributed by atoms with Gasteiger partial charge >= 0.3 is 5.97 Å². The second-order valence-corrected chi connectivity index (χ2v) is 16.6. The first-order valence-electron chi connectivity index (χ1n) is 20.2. The Bertz CT molecular complexity index is 2020. The molecule has 17 nitrogen and oxygen atoms in total. The number of primary amides is 1. The Morgan fingerprint density at radius 2 is 1.15 bits per heavy atom. The van der Waals surface area contributed by atoms with Crippen molar-refractivity contribution in [2.24, 2.45) is 41.2 Å². The van der Waals surface area contributed by atoms with Gasteiger partial charge in [0.05, 0.1) is 36.5 Å². The van der Waals surface area contributed by atoms with Crippen molar-refractivity contribution in [2.75, 3.05) is 4.59 Å². The first-order valence-corrected chi connectivity index (χ1v) is 21.6. The van der Waals surface area contributed by atoms with E-state index in [1.54, 1.807) is 92.8 Å². The predicted molar refractivity (Wildman–Crippen MR) is 236 cm³/mol. The van der Waals surface area contributed by atoms with Crippen molar-refractivity contribution < 1.29 is 30.8 Å². The molecule has 8 rings (SSSR count). The number of rotatable bonds is 12. The molecule has 4 aliphatic carbocycles. The van der Waals surface area contributed by atoms with Crippen LogP contribution in [-0.4, -0.2) is 80.6 Å². The number of nitriles is 1. The average molecular weight is 994 g/mol. The summed E-state index contributed by atoms with van der Waals surface area (Å²) >= 11 is 13.3. The Hall–Kier alpha value is -4.68. The molecule has 20 heteroatoms. The van der Waals surface area contributed by atoms with Gasteiger partial charge in [-0.05, 0) is 123 Å². The van der Waals surface area contributed by atoms with Crippen LogP contribution in [0.1, 0.15) is 114 Å². The van der Waals surface area contributed by atoms with E-state index in [1.807, 2.05) is 0 Å². The van der Waals surface area contributed by atoms with Gasteiger partial charge in [0.25, 0.3) is 17.7 Å². The first kappa shape index (κ1) is 47.4. The second kappa shape index (κ2) is 22.4. The van der Waals surface area contributed by atoms with Gasteiger partial charge < -0.3 is 32.7 Å². The highest BCUT2D eigenvalue weighted by atomic mass is 127. The zero-order valence-electron chi connectivity index (χ0n) is 34.9. The van der Waals surface area contributed by atoms with E-state index in [0.717, 1.165) is 38.5 Å². The highest BCUT2D eigenvalue weighted by Crippen LogP contribution is 2.63. The van der Waals surface area contributed by atoms with Crippen molar-refractivity contribution in [3.8, 4) is 6.07 Å². The minimum atomic E-state index is -1.06. The highest BCUT2D eigenvalue weighted by molar-refractivity contribution is 14.1. The van der Waals surface area contributed by atoms with E-state index >= 15 is 0 Å². The quantitative estimate of drug-likeness (QED) is 0.0653. The molecule has 0 aliphatic heterocycles. The molecule has 11 atom stereocenters. The number of hydrogen-bond donors (Lipinski definition) is 6. The monoisotopic (exact) mass is 992 g/mol. The molecule has 61 heavy (non-hydrogen) atoms. The van der Waals surface area contributed by atoms with Gasteiger partial charge in [0.2, 0.25) is 0 Å². The number of halogens is 3. The Morgan fingerprint density at radius 1 is 0.820 bits per heavy atom. The van der Waals surface area contributed by atoms with Crippen LogP contribution in [0.5, 0.6) is 0 Å². The van der Waals surface area contributed by atoms with Crippen molar-refractivity contribution in [2.45, 2.75) is 83.5 Å². The van der Waals surface area contributed by atoms with Gasteiger partial charge in [0.1, 0.15) is 0 Å². The van der Waals surface area contributed by atoms with Gasteiger partial charge in [-0.1, -0.05) is 70.1 Å². The molecule has 4 saturated carbocycles. The van der Waals surface area contributed by atoms with E-state index in [2.05, 4.69) is 45.1 Å². The molecule has 2 heterocycles. The van der Waals surface area contributed by atoms with Crippen molar-refractivity contribution >= 4 is 69.5 Å². The first-order chi connectivity index (χ1) is 29.1. The minimum Gasteiger partial charge on any atom is -0.476 e. The Labute approximate surface area is 379 Å². The number of nitrogens with two attached hydrogens (primary N) is 1. The molecule has 0 saturated heterocycles. The normalized spacial score (nSPS) is 25.1. The summed E-state index contributed by atoms with van der Waals surface area (Å²) in [6.45, 7) is 5.63. The van der Waals surface area contributed by atoms with Crippen LogP contribution in [0.15, 0.2) is 60.9 Å². The smallest absolute Gasteiger partial charge is 0.358 e. The van der Waals surface area contributed by atoms with Crippen LogP contribution in [0, 0.1) is 46.8 Å². The number of nitrogens with zero attached hydrogens (tertiary/aromatic N) is 7. The molecule has 3 amide bonds. The summed E-state index contributed by atoms with van der Waals surface area (Å²) in [5.41, 5.74) is 6.67. The number of carboxylic acid groups (broad SMARTS) is 1. The summed E-state index contributed by atoms with van der Waals surface area (Å²) in [4.78, 5) is 47.1. The molecule has 4 aromatic rings. The molecule has 4 fully saturated rings. The van der Waals surface area contributed by atoms with E-state index < -0.39 is 16.5 Å². The average Bonchev–Trinajstić information content (AvgIpc) is 3.68. The van der Waals surface area contributed by atoms with Gasteiger partial charge in [0, 0.05) is 40.2 Å². The number of aliphatic hydroxyl groups excluding tert-OH is 1. The fourth-order valence-corrected chi connectivity index (χ4v) is 9.37. The van der Waals surface area contributed by atoms with Crippen molar-refractivity contribution in [3.63, 3.8) is 0 Å². The molecule has 0 spiro atoms. The van der Waals surface area contributed by atoms with E-state index in [4.69, 9.17) is 45.8 Å². The zero-order valence-corrected chi connectivity index (χ0v) is 37.6. The third-order valence-electron chi connectivity index (χ3n) is 11.9. The molecule has 7 unspecified atom stereocenters. The lowest BCUT2D eigenvalue weighted by atomic mass is 9.99. The molecular formula is C41H52Cl2IN11O6. The van der Waals surface area contributed by atoms with Gasteiger partial charge in [-0.25, -0.2) is 14.2 Å². The summed E-state index contributed by atoms with van der Waals surface area (Å²) < 4.78 is 8.62. The maximum Gasteiger partial charge on any atom is 0.358 e. The van der Waals surface area contributed by atoms with Crippen molar-refractivity contribution in [1.82, 2.24) is 46.8 Å². The van der Waals surface area contributed by atoms with Gasteiger partial charge in [0.15, 0.2) is 11.4 Å². The SMILES string of the molecule is CC#N.CCC(NC(=O)c1ccc(Cl)cc1)C1[C@H]2CC(n3cc(C(=O)O)nn3)C[C@@H]12.CCC(NC(=O)c1ccc(Cl)cc1)C1[C@H]2CC(n3cc(C(N)=O)nn3)C[C@@H]12.N.[2H]C(O)I. The van der Waals surface area contributed by atoms with Crippen LogP contribution in [0.4, 0.5) is 0 Å². The number of carboxylic acids is 1. The van der Waals surface area contributed by atoms with Gasteiger partial charge in [-0.3, -0.25) is 14.4 Å². The largest absolute Gasteiger partial charge is 0.476 e. The summed E-state index contributed by atoms with van der Waals surface area (Å²) in [6, 6.07) is 16.4. The number of carbonyl (C=O) groups excluding carboxylic acids is 3. The number of benzene rings is 2. The van der Waals surface area contributed by atoms with Crippen molar-refractivity contribution in [1.29, 1.82) is 5.26 Å². The molecule has 9 N–H and O–H groups in total. The van der Waals surface area contributed by atoms with Crippen LogP contribution in [-0.2, 0) is 0 Å². The maximum atomic E-state index is 12.5. The maximum absolute atomic E-state index is 12.5. The number of aromatic nitrogens is 6. The number of hydrogen-bond acceptors (Lipinski definition) is 11. The third-order valence-corrected chi connectivity index (χ3v) is 12.4. The Balaban J connectivity index is 0.000000234. The fourth-order valence-electron chi connectivity index (χ4n) is 9.12. The number of carbonyl (C=O) groups is 4. The molecule has 4 aliphatic rings. The molecule has 0 radical (unpaired) electrons. The number of nitrogens with one attached hydrogen (secondary N) is 2. The number of alkyl halides is 1. The zero-order chi connectivity index (χ0) is 44.5. The summed E-state index contributed by atoms with van der Waals surface area (Å²) in [7, 11) is 0. The van der Waals surface area contributed by atoms with E-state index in [9.17, 15) is 19.2 Å². The van der Waals surface area contributed by atoms with Crippen LogP contribution in [0.2, 0.25) is 10.0 Å². The van der Waals surface area contributed by atoms with Crippen LogP contribution in [0.3, 0.4) is 0 Å². The summed E-state index contributed by atoms with van der Waals surface area (Å²) in [6.07, 6.45) is 8.80. The minimum absolute atomic E-state index is 0. The topological polar surface area (TPSA) is 279 Å². The van der Waals surface area contributed by atoms with Crippen LogP contribution in [0.25, 0.3) is 0 Å². The number of aromatic carboxylic acids is 1. The lowest BCUT2D eigenvalue weighted by Gasteiger charge is -2.21. The van der Waals surface area contributed by atoms with Gasteiger partial charge in [-0.15, -0.1) is 10.2 Å². The number of fused-ring (bicyclic) bond motifs is 2. The van der Waals surface area contributed by atoms with E-state index in [-0.39, 0.29) is 53.5 Å². The number of amides is 3. The van der Waals surface area contributed by atoms with Crippen LogP contribution < -0.4 is 22.5 Å². The lowest BCUT2D eigenvalue weighted by Crippen LogP contribution is -2.37. The number of aliphatic hydroxyl groups is 1. The Kier molecular flexibility index (Phi) is 17.4. The molecule has 0 bridgehead atoms. The fraction of sp³-hybridized carbons (Fsp3) is 0.488. The molecule has 2 aromatic carbocycles.